The van der Waals surface area contributed by atoms with E-state index >= 15 is 0 Å². The van der Waals surface area contributed by atoms with Gasteiger partial charge in [0.05, 0.1) is 6.54 Å². The fraction of sp³-hybridized carbons (Fsp3) is 0.200. The molecule has 0 saturated carbocycles. The van der Waals surface area contributed by atoms with Crippen molar-refractivity contribution in [3.8, 4) is 17.1 Å². The third kappa shape index (κ3) is 4.43. The molecule has 0 N–H and O–H groups in total. The van der Waals surface area contributed by atoms with E-state index in [9.17, 15) is 4.79 Å². The Balaban J connectivity index is 1.56. The van der Waals surface area contributed by atoms with E-state index in [2.05, 4.69) is 5.16 Å². The Labute approximate surface area is 157 Å². The van der Waals surface area contributed by atoms with Crippen molar-refractivity contribution in [2.24, 2.45) is 0 Å². The predicted octanol–water partition coefficient (Wildman–Crippen LogP) is 4.45. The van der Waals surface area contributed by atoms with Gasteiger partial charge in [0.15, 0.2) is 11.5 Å². The second-order valence-corrected chi connectivity index (χ2v) is 6.41. The highest BCUT2D eigenvalue weighted by atomic mass is 35.5. The average molecular weight is 371 g/mol. The molecule has 1 aromatic heterocycles. The molecule has 1 heterocycles. The summed E-state index contributed by atoms with van der Waals surface area (Å²) in [5.41, 5.74) is 2.24. The van der Waals surface area contributed by atoms with Crippen LogP contribution in [0.4, 0.5) is 0 Å². The molecule has 0 aliphatic rings. The van der Waals surface area contributed by atoms with Crippen molar-refractivity contribution < 1.29 is 14.1 Å². The first-order valence-corrected chi connectivity index (χ1v) is 8.58. The van der Waals surface area contributed by atoms with Crippen LogP contribution in [0.2, 0.25) is 5.02 Å². The number of halogens is 1. The van der Waals surface area contributed by atoms with Gasteiger partial charge in [-0.2, -0.15) is 0 Å². The summed E-state index contributed by atoms with van der Waals surface area (Å²) in [5, 5.41) is 4.51. The van der Waals surface area contributed by atoms with Crippen molar-refractivity contribution in [1.29, 1.82) is 0 Å². The van der Waals surface area contributed by atoms with Crippen LogP contribution >= 0.6 is 11.6 Å². The van der Waals surface area contributed by atoms with Crippen molar-refractivity contribution in [2.75, 3.05) is 20.2 Å². The maximum Gasteiger partial charge on any atom is 0.275 e. The SMILES string of the molecule is Cc1ccc(OCCN(C)C(=O)c2cc(-c3ccc(Cl)cc3)on2)cc1. The lowest BCUT2D eigenvalue weighted by molar-refractivity contribution is 0.0763. The summed E-state index contributed by atoms with van der Waals surface area (Å²) < 4.78 is 10.9. The maximum atomic E-state index is 12.5. The zero-order chi connectivity index (χ0) is 18.5. The van der Waals surface area contributed by atoms with Crippen LogP contribution in [-0.2, 0) is 0 Å². The van der Waals surface area contributed by atoms with Gasteiger partial charge in [0.2, 0.25) is 0 Å². The van der Waals surface area contributed by atoms with Crippen LogP contribution in [0.15, 0.2) is 59.1 Å². The van der Waals surface area contributed by atoms with Gasteiger partial charge in [0.1, 0.15) is 12.4 Å². The second-order valence-electron chi connectivity index (χ2n) is 5.97. The van der Waals surface area contributed by atoms with Crippen molar-refractivity contribution in [3.05, 3.63) is 70.9 Å². The van der Waals surface area contributed by atoms with Crippen LogP contribution in [0.3, 0.4) is 0 Å². The number of ether oxygens (including phenoxy) is 1. The molecule has 0 spiro atoms. The number of rotatable bonds is 6. The lowest BCUT2D eigenvalue weighted by Gasteiger charge is -2.16. The van der Waals surface area contributed by atoms with Gasteiger partial charge in [-0.3, -0.25) is 4.79 Å². The van der Waals surface area contributed by atoms with Crippen molar-refractivity contribution in [1.82, 2.24) is 10.1 Å². The fourth-order valence-electron chi connectivity index (χ4n) is 2.36. The van der Waals surface area contributed by atoms with Crippen molar-refractivity contribution in [3.63, 3.8) is 0 Å². The third-order valence-corrected chi connectivity index (χ3v) is 4.17. The number of likely N-dealkylation sites (N-methyl/N-ethyl adjacent to an activating group) is 1. The minimum absolute atomic E-state index is 0.221. The highest BCUT2D eigenvalue weighted by Gasteiger charge is 2.17. The number of benzene rings is 2. The smallest absolute Gasteiger partial charge is 0.275 e. The average Bonchev–Trinajstić information content (AvgIpc) is 3.13. The van der Waals surface area contributed by atoms with Crippen LogP contribution in [0.5, 0.6) is 5.75 Å². The molecular weight excluding hydrogens is 352 g/mol. The van der Waals surface area contributed by atoms with E-state index in [0.29, 0.717) is 23.9 Å². The number of carbonyl (C=O) groups excluding carboxylic acids is 1. The number of aryl methyl sites for hydroxylation is 1. The normalized spacial score (nSPS) is 10.6. The van der Waals surface area contributed by atoms with E-state index < -0.39 is 0 Å². The van der Waals surface area contributed by atoms with Gasteiger partial charge >= 0.3 is 0 Å². The molecule has 1 amide bonds. The molecule has 6 heteroatoms. The standard InChI is InChI=1S/C20H19ClN2O3/c1-14-3-9-17(10-4-14)25-12-11-23(2)20(24)18-13-19(26-22-18)15-5-7-16(21)8-6-15/h3-10,13H,11-12H2,1-2H3. The van der Waals surface area contributed by atoms with Gasteiger partial charge in [0.25, 0.3) is 5.91 Å². The molecule has 0 unspecified atom stereocenters. The van der Waals surface area contributed by atoms with Gasteiger partial charge in [-0.05, 0) is 43.3 Å². The minimum atomic E-state index is -0.221. The Kier molecular flexibility index (Phi) is 5.58. The predicted molar refractivity (Wildman–Crippen MR) is 101 cm³/mol. The first-order valence-electron chi connectivity index (χ1n) is 8.20. The minimum Gasteiger partial charge on any atom is -0.492 e. The second kappa shape index (κ2) is 8.06. The third-order valence-electron chi connectivity index (χ3n) is 3.92. The van der Waals surface area contributed by atoms with Crippen LogP contribution in [0.1, 0.15) is 16.1 Å². The molecule has 0 atom stereocenters. The molecule has 5 nitrogen and oxygen atoms in total. The summed E-state index contributed by atoms with van der Waals surface area (Å²) in [6.45, 7) is 2.86. The molecular formula is C20H19ClN2O3. The van der Waals surface area contributed by atoms with E-state index in [1.165, 1.54) is 5.56 Å². The Hall–Kier alpha value is -2.79. The molecule has 3 rings (SSSR count). The first kappa shape index (κ1) is 18.0. The Morgan fingerprint density at radius 1 is 1.15 bits per heavy atom. The van der Waals surface area contributed by atoms with Crippen molar-refractivity contribution >= 4 is 17.5 Å². The Bertz CT molecular complexity index is 873. The fourth-order valence-corrected chi connectivity index (χ4v) is 2.48. The van der Waals surface area contributed by atoms with Crippen LogP contribution in [0, 0.1) is 6.92 Å². The number of hydrogen-bond donors (Lipinski definition) is 0. The maximum absolute atomic E-state index is 12.5. The summed E-state index contributed by atoms with van der Waals surface area (Å²) in [7, 11) is 1.71. The van der Waals surface area contributed by atoms with Gasteiger partial charge in [-0.15, -0.1) is 0 Å². The molecule has 26 heavy (non-hydrogen) atoms. The monoisotopic (exact) mass is 370 g/mol. The summed E-state index contributed by atoms with van der Waals surface area (Å²) in [6.07, 6.45) is 0. The first-order chi connectivity index (χ1) is 12.5. The number of nitrogens with zero attached hydrogens (tertiary/aromatic N) is 2. The molecule has 134 valence electrons. The summed E-state index contributed by atoms with van der Waals surface area (Å²) in [4.78, 5) is 14.0. The largest absolute Gasteiger partial charge is 0.492 e. The van der Waals surface area contributed by atoms with Gasteiger partial charge < -0.3 is 14.2 Å². The quantitative estimate of drug-likeness (QED) is 0.643. The summed E-state index contributed by atoms with van der Waals surface area (Å²) in [6, 6.07) is 16.6. The topological polar surface area (TPSA) is 55.6 Å². The zero-order valence-electron chi connectivity index (χ0n) is 14.6. The zero-order valence-corrected chi connectivity index (χ0v) is 15.4. The molecule has 3 aromatic rings. The molecule has 0 radical (unpaired) electrons. The van der Waals surface area contributed by atoms with E-state index in [4.69, 9.17) is 20.9 Å². The Morgan fingerprint density at radius 3 is 2.54 bits per heavy atom. The van der Waals surface area contributed by atoms with Crippen molar-refractivity contribution in [2.45, 2.75) is 6.92 Å². The Morgan fingerprint density at radius 2 is 1.85 bits per heavy atom. The molecule has 0 aliphatic heterocycles. The van der Waals surface area contributed by atoms with E-state index in [0.717, 1.165) is 11.3 Å². The lowest BCUT2D eigenvalue weighted by atomic mass is 10.1. The number of aromatic nitrogens is 1. The van der Waals surface area contributed by atoms with Crippen LogP contribution in [-0.4, -0.2) is 36.2 Å². The van der Waals surface area contributed by atoms with Crippen LogP contribution in [0.25, 0.3) is 11.3 Å². The number of amides is 1. The highest BCUT2D eigenvalue weighted by Crippen LogP contribution is 2.22. The molecule has 0 saturated heterocycles. The highest BCUT2D eigenvalue weighted by molar-refractivity contribution is 6.30. The number of carbonyl (C=O) groups is 1. The van der Waals surface area contributed by atoms with E-state index in [1.807, 2.05) is 43.3 Å². The summed E-state index contributed by atoms with van der Waals surface area (Å²) >= 11 is 5.88. The van der Waals surface area contributed by atoms with Gasteiger partial charge in [-0.25, -0.2) is 0 Å². The van der Waals surface area contributed by atoms with Crippen LogP contribution < -0.4 is 4.74 Å². The summed E-state index contributed by atoms with van der Waals surface area (Å²) in [5.74, 6) is 1.08. The van der Waals surface area contributed by atoms with E-state index in [-0.39, 0.29) is 11.6 Å². The molecule has 0 fully saturated rings. The lowest BCUT2D eigenvalue weighted by Crippen LogP contribution is -2.31. The van der Waals surface area contributed by atoms with Gasteiger partial charge in [0, 0.05) is 23.7 Å². The molecule has 0 bridgehead atoms. The van der Waals surface area contributed by atoms with Gasteiger partial charge in [-0.1, -0.05) is 34.5 Å². The number of hydrogen-bond acceptors (Lipinski definition) is 4. The van der Waals surface area contributed by atoms with E-state index in [1.54, 1.807) is 30.1 Å². The molecule has 0 aliphatic carbocycles. The molecule has 2 aromatic carbocycles.